The second-order valence-corrected chi connectivity index (χ2v) is 8.22. The Kier molecular flexibility index (Phi) is 4.90. The van der Waals surface area contributed by atoms with Crippen molar-refractivity contribution in [3.05, 3.63) is 53.3 Å². The van der Waals surface area contributed by atoms with Crippen molar-refractivity contribution in [2.75, 3.05) is 50.2 Å². The molecule has 0 aliphatic carbocycles. The maximum absolute atomic E-state index is 5.92. The van der Waals surface area contributed by atoms with Gasteiger partial charge in [-0.1, -0.05) is 0 Å². The minimum absolute atomic E-state index is 0.717. The number of hydrogen-bond donors (Lipinski definition) is 0. The number of hydrogen-bond acceptors (Lipinski definition) is 6. The summed E-state index contributed by atoms with van der Waals surface area (Å²) in [5.41, 5.74) is 2.02. The lowest BCUT2D eigenvalue weighted by Gasteiger charge is -2.37. The Hall–Kier alpha value is -2.93. The number of ether oxygens (including phenoxy) is 2. The Balaban J connectivity index is 1.54. The molecule has 2 aromatic carbocycles. The minimum Gasteiger partial charge on any atom is -0.493 e. The number of anilines is 2. The molecule has 154 valence electrons. The van der Waals surface area contributed by atoms with E-state index in [0.29, 0.717) is 0 Å². The van der Waals surface area contributed by atoms with Crippen LogP contribution < -0.4 is 19.3 Å². The van der Waals surface area contributed by atoms with Crippen molar-refractivity contribution in [1.29, 1.82) is 0 Å². The van der Waals surface area contributed by atoms with Gasteiger partial charge in [-0.25, -0.2) is 4.98 Å². The van der Waals surface area contributed by atoms with Gasteiger partial charge in [-0.05, 0) is 57.7 Å². The molecular formula is C23H22BrN3O3. The van der Waals surface area contributed by atoms with Crippen LogP contribution in [0.1, 0.15) is 0 Å². The number of methoxy groups -OCH3 is 2. The van der Waals surface area contributed by atoms with Crippen molar-refractivity contribution >= 4 is 49.2 Å². The van der Waals surface area contributed by atoms with E-state index in [2.05, 4.69) is 42.8 Å². The maximum Gasteiger partial charge on any atom is 0.161 e. The summed E-state index contributed by atoms with van der Waals surface area (Å²) in [5, 5.41) is 3.29. The monoisotopic (exact) mass is 467 g/mol. The molecule has 1 aliphatic rings. The molecule has 1 fully saturated rings. The molecule has 5 rings (SSSR count). The van der Waals surface area contributed by atoms with Crippen molar-refractivity contribution in [3.63, 3.8) is 0 Å². The van der Waals surface area contributed by atoms with Gasteiger partial charge >= 0.3 is 0 Å². The van der Waals surface area contributed by atoms with Crippen LogP contribution in [0, 0.1) is 0 Å². The average molecular weight is 468 g/mol. The van der Waals surface area contributed by atoms with Crippen LogP contribution in [0.25, 0.3) is 21.7 Å². The Morgan fingerprint density at radius 1 is 0.900 bits per heavy atom. The van der Waals surface area contributed by atoms with E-state index in [1.165, 1.54) is 0 Å². The SMILES string of the molecule is COc1cc2cc3ccoc3c(N3CCN(c4ccc(Br)cn4)CC3)c2cc1OC. The molecule has 0 saturated carbocycles. The summed E-state index contributed by atoms with van der Waals surface area (Å²) in [4.78, 5) is 9.26. The first kappa shape index (κ1) is 19.1. The highest BCUT2D eigenvalue weighted by Gasteiger charge is 2.24. The molecule has 0 N–H and O–H groups in total. The Morgan fingerprint density at radius 2 is 1.63 bits per heavy atom. The number of aromatic nitrogens is 1. The molecule has 0 amide bonds. The van der Waals surface area contributed by atoms with Crippen LogP contribution in [0.15, 0.2) is 57.7 Å². The van der Waals surface area contributed by atoms with E-state index in [1.54, 1.807) is 20.5 Å². The third-order valence-electron chi connectivity index (χ3n) is 5.66. The molecule has 2 aromatic heterocycles. The first-order valence-corrected chi connectivity index (χ1v) is 10.6. The second-order valence-electron chi connectivity index (χ2n) is 7.30. The molecular weight excluding hydrogens is 446 g/mol. The molecule has 0 atom stereocenters. The highest BCUT2D eigenvalue weighted by Crippen LogP contribution is 2.41. The molecule has 1 saturated heterocycles. The number of piperazine rings is 1. The molecule has 0 bridgehead atoms. The fourth-order valence-electron chi connectivity index (χ4n) is 4.16. The van der Waals surface area contributed by atoms with Gasteiger partial charge in [0.2, 0.25) is 0 Å². The van der Waals surface area contributed by atoms with Crippen LogP contribution in [0.2, 0.25) is 0 Å². The van der Waals surface area contributed by atoms with Crippen LogP contribution in [-0.2, 0) is 0 Å². The van der Waals surface area contributed by atoms with Gasteiger partial charge in [0.05, 0.1) is 26.2 Å². The van der Waals surface area contributed by atoms with E-state index in [4.69, 9.17) is 13.9 Å². The fourth-order valence-corrected chi connectivity index (χ4v) is 4.40. The Bertz CT molecular complexity index is 1200. The minimum atomic E-state index is 0.717. The first-order chi connectivity index (χ1) is 14.7. The molecule has 0 radical (unpaired) electrons. The zero-order chi connectivity index (χ0) is 20.7. The third-order valence-corrected chi connectivity index (χ3v) is 6.13. The van der Waals surface area contributed by atoms with Crippen molar-refractivity contribution in [3.8, 4) is 11.5 Å². The molecule has 0 unspecified atom stereocenters. The van der Waals surface area contributed by atoms with E-state index < -0.39 is 0 Å². The predicted octanol–water partition coefficient (Wildman–Crippen LogP) is 5.09. The van der Waals surface area contributed by atoms with Crippen molar-refractivity contribution in [2.24, 2.45) is 0 Å². The number of benzene rings is 2. The van der Waals surface area contributed by atoms with E-state index in [0.717, 1.165) is 75.4 Å². The quantitative estimate of drug-likeness (QED) is 0.416. The lowest BCUT2D eigenvalue weighted by Crippen LogP contribution is -2.47. The number of furan rings is 1. The van der Waals surface area contributed by atoms with Gasteiger partial charge in [0, 0.05) is 47.6 Å². The molecule has 6 nitrogen and oxygen atoms in total. The summed E-state index contributed by atoms with van der Waals surface area (Å²) >= 11 is 3.45. The van der Waals surface area contributed by atoms with Gasteiger partial charge in [0.1, 0.15) is 5.82 Å². The van der Waals surface area contributed by atoms with Gasteiger partial charge in [0.15, 0.2) is 17.1 Å². The van der Waals surface area contributed by atoms with Gasteiger partial charge in [-0.3, -0.25) is 0 Å². The second kappa shape index (κ2) is 7.72. The summed E-state index contributed by atoms with van der Waals surface area (Å²) in [7, 11) is 3.33. The average Bonchev–Trinajstić information content (AvgIpc) is 3.25. The van der Waals surface area contributed by atoms with Crippen LogP contribution in [0.5, 0.6) is 11.5 Å². The highest BCUT2D eigenvalue weighted by molar-refractivity contribution is 9.10. The third kappa shape index (κ3) is 3.23. The Morgan fingerprint density at radius 3 is 2.33 bits per heavy atom. The predicted molar refractivity (Wildman–Crippen MR) is 123 cm³/mol. The lowest BCUT2D eigenvalue weighted by atomic mass is 10.0. The molecule has 1 aliphatic heterocycles. The zero-order valence-electron chi connectivity index (χ0n) is 16.9. The number of fused-ring (bicyclic) bond motifs is 2. The van der Waals surface area contributed by atoms with E-state index in [1.807, 2.05) is 30.5 Å². The van der Waals surface area contributed by atoms with Gasteiger partial charge < -0.3 is 23.7 Å². The summed E-state index contributed by atoms with van der Waals surface area (Å²) in [6.45, 7) is 3.53. The fraction of sp³-hybridized carbons (Fsp3) is 0.261. The number of halogens is 1. The largest absolute Gasteiger partial charge is 0.493 e. The summed E-state index contributed by atoms with van der Waals surface area (Å²) < 4.78 is 18.0. The van der Waals surface area contributed by atoms with Gasteiger partial charge in [-0.2, -0.15) is 0 Å². The number of rotatable bonds is 4. The Labute approximate surface area is 183 Å². The summed E-state index contributed by atoms with van der Waals surface area (Å²) in [6, 6.07) is 12.3. The van der Waals surface area contributed by atoms with Crippen LogP contribution >= 0.6 is 15.9 Å². The topological polar surface area (TPSA) is 51.0 Å². The van der Waals surface area contributed by atoms with Crippen LogP contribution in [0.3, 0.4) is 0 Å². The number of nitrogens with zero attached hydrogens (tertiary/aromatic N) is 3. The summed E-state index contributed by atoms with van der Waals surface area (Å²) in [6.07, 6.45) is 3.60. The highest BCUT2D eigenvalue weighted by atomic mass is 79.9. The van der Waals surface area contributed by atoms with Gasteiger partial charge in [-0.15, -0.1) is 0 Å². The molecule has 7 heteroatoms. The van der Waals surface area contributed by atoms with Crippen LogP contribution in [0.4, 0.5) is 11.5 Å². The smallest absolute Gasteiger partial charge is 0.161 e. The first-order valence-electron chi connectivity index (χ1n) is 9.85. The van der Waals surface area contributed by atoms with E-state index >= 15 is 0 Å². The summed E-state index contributed by atoms with van der Waals surface area (Å²) in [5.74, 6) is 2.45. The molecule has 30 heavy (non-hydrogen) atoms. The lowest BCUT2D eigenvalue weighted by molar-refractivity contribution is 0.356. The molecule has 3 heterocycles. The molecule has 4 aromatic rings. The van der Waals surface area contributed by atoms with E-state index in [-0.39, 0.29) is 0 Å². The normalized spacial score (nSPS) is 14.5. The number of pyridine rings is 1. The van der Waals surface area contributed by atoms with Crippen molar-refractivity contribution in [1.82, 2.24) is 4.98 Å². The van der Waals surface area contributed by atoms with Crippen LogP contribution in [-0.4, -0.2) is 45.4 Å². The van der Waals surface area contributed by atoms with Gasteiger partial charge in [0.25, 0.3) is 0 Å². The maximum atomic E-state index is 5.92. The van der Waals surface area contributed by atoms with E-state index in [9.17, 15) is 0 Å². The zero-order valence-corrected chi connectivity index (χ0v) is 18.5. The molecule has 0 spiro atoms. The van der Waals surface area contributed by atoms with Crippen molar-refractivity contribution < 1.29 is 13.9 Å². The standard InChI is InChI=1S/C23H22BrN3O3/c1-28-19-12-16-11-15-5-10-30-23(15)22(18(16)13-20(19)29-2)27-8-6-26(7-9-27)21-4-3-17(24)14-25-21/h3-5,10-14H,6-9H2,1-2H3. The van der Waals surface area contributed by atoms with Crippen molar-refractivity contribution in [2.45, 2.75) is 0 Å².